The predicted molar refractivity (Wildman–Crippen MR) is 205 cm³/mol. The second-order valence-corrected chi connectivity index (χ2v) is 19.1. The highest BCUT2D eigenvalue weighted by Gasteiger charge is 2.49. The number of halogens is 1. The Kier molecular flexibility index (Phi) is 10.3. The molecule has 0 aromatic heterocycles. The maximum Gasteiger partial charge on any atom is 0.262 e. The lowest BCUT2D eigenvalue weighted by molar-refractivity contribution is -0.109. The molecule has 3 heterocycles. The number of likely N-dealkylation sites (N-methyl/N-ethyl adjacent to an activating group) is 1. The number of piperazine rings is 1. The Morgan fingerprint density at radius 3 is 2.56 bits per heavy atom. The number of nitrogens with one attached hydrogen (secondary N) is 1. The van der Waals surface area contributed by atoms with Crippen molar-refractivity contribution in [3.05, 3.63) is 58.1 Å². The first-order valence-corrected chi connectivity index (χ1v) is 21.2. The summed E-state index contributed by atoms with van der Waals surface area (Å²) in [5.41, 5.74) is 2.91. The molecule has 0 radical (unpaired) electrons. The number of fused-ring (bicyclic) bond motifs is 4. The Morgan fingerprint density at radius 1 is 1.04 bits per heavy atom. The number of benzene rings is 2. The number of amides is 1. The number of carbonyl (C=O) groups is 1. The summed E-state index contributed by atoms with van der Waals surface area (Å²) in [4.78, 5) is 21.2. The zero-order valence-electron chi connectivity index (χ0n) is 30.3. The van der Waals surface area contributed by atoms with Crippen LogP contribution in [0.25, 0.3) is 0 Å². The van der Waals surface area contributed by atoms with Crippen LogP contribution in [0.4, 0.5) is 5.69 Å². The molecule has 2 aliphatic carbocycles. The molecule has 1 saturated carbocycles. The van der Waals surface area contributed by atoms with Crippen molar-refractivity contribution in [1.29, 1.82) is 0 Å². The van der Waals surface area contributed by atoms with Crippen LogP contribution in [-0.4, -0.2) is 101 Å². The number of hydrogen-bond donors (Lipinski definition) is 2. The number of rotatable bonds is 3. The van der Waals surface area contributed by atoms with E-state index in [9.17, 15) is 14.1 Å². The largest absolute Gasteiger partial charge is 0.490 e. The Morgan fingerprint density at radius 2 is 1.82 bits per heavy atom. The van der Waals surface area contributed by atoms with Gasteiger partial charge in [0, 0.05) is 67.1 Å². The third-order valence-electron chi connectivity index (χ3n) is 13.2. The number of anilines is 1. The number of ether oxygens (including phenoxy) is 1. The number of aryl methyl sites for hydroxylation is 1. The van der Waals surface area contributed by atoms with Crippen LogP contribution in [0, 0.1) is 17.8 Å². The van der Waals surface area contributed by atoms with E-state index in [0.29, 0.717) is 31.1 Å². The molecule has 50 heavy (non-hydrogen) atoms. The lowest BCUT2D eigenvalue weighted by atomic mass is 9.62. The third-order valence-corrected chi connectivity index (χ3v) is 15.6. The van der Waals surface area contributed by atoms with E-state index in [2.05, 4.69) is 51.3 Å². The summed E-state index contributed by atoms with van der Waals surface area (Å²) < 4.78 is 23.5. The molecule has 2 aromatic rings. The third kappa shape index (κ3) is 7.06. The van der Waals surface area contributed by atoms with Crippen molar-refractivity contribution < 1.29 is 18.8 Å². The number of aliphatic hydroxyl groups is 1. The van der Waals surface area contributed by atoms with E-state index in [-0.39, 0.29) is 28.4 Å². The molecule has 1 saturated heterocycles. The predicted octanol–water partition coefficient (Wildman–Crippen LogP) is 5.78. The van der Waals surface area contributed by atoms with Crippen molar-refractivity contribution in [2.75, 3.05) is 63.9 Å². The molecule has 2 N–H and O–H groups in total. The van der Waals surface area contributed by atoms with Crippen molar-refractivity contribution >= 4 is 38.8 Å². The normalized spacial score (nSPS) is 35.6. The van der Waals surface area contributed by atoms with Gasteiger partial charge in [-0.1, -0.05) is 37.9 Å². The fraction of sp³-hybridized carbons (Fsp3) is 0.650. The van der Waals surface area contributed by atoms with E-state index >= 15 is 0 Å². The number of hydrogen-bond acceptors (Lipinski definition) is 7. The molecule has 8 nitrogen and oxygen atoms in total. The van der Waals surface area contributed by atoms with E-state index in [0.717, 1.165) is 107 Å². The maximum atomic E-state index is 14.0. The Hall–Kier alpha value is -2.30. The molecular weight excluding hydrogens is 668 g/mol. The van der Waals surface area contributed by atoms with Gasteiger partial charge in [-0.25, -0.2) is 4.21 Å². The molecule has 3 aliphatic heterocycles. The SMILES string of the molecule is C=S1(=O)NC(=O)c2ccc3c(c2)N(C[C@@H]2CC[C@H]2[C@@](O)(CN2CCN(CC)CC2)CCC[C@H](C)[C@H]1C)C[C@@]1(CCCc2cc(Cl)ccc21)CO3. The highest BCUT2D eigenvalue weighted by atomic mass is 35.5. The fourth-order valence-electron chi connectivity index (χ4n) is 9.71. The van der Waals surface area contributed by atoms with Gasteiger partial charge in [-0.05, 0) is 123 Å². The van der Waals surface area contributed by atoms with Crippen LogP contribution in [-0.2, 0) is 21.5 Å². The molecule has 1 amide bonds. The summed E-state index contributed by atoms with van der Waals surface area (Å²) in [6.07, 6.45) is 7.52. The first kappa shape index (κ1) is 36.1. The molecule has 5 aliphatic rings. The topological polar surface area (TPSA) is 85.3 Å². The molecule has 1 unspecified atom stereocenters. The smallest absolute Gasteiger partial charge is 0.262 e. The highest BCUT2D eigenvalue weighted by molar-refractivity contribution is 7.99. The van der Waals surface area contributed by atoms with Crippen LogP contribution in [0.15, 0.2) is 36.4 Å². The Labute approximate surface area is 305 Å². The van der Waals surface area contributed by atoms with Crippen LogP contribution in [0.5, 0.6) is 5.75 Å². The maximum absolute atomic E-state index is 14.0. The molecule has 274 valence electrons. The molecule has 2 bridgehead atoms. The first-order valence-electron chi connectivity index (χ1n) is 19.1. The summed E-state index contributed by atoms with van der Waals surface area (Å²) in [5, 5.41) is 13.3. The van der Waals surface area contributed by atoms with Gasteiger partial charge in [0.15, 0.2) is 0 Å². The van der Waals surface area contributed by atoms with Crippen LogP contribution in [0.2, 0.25) is 5.02 Å². The van der Waals surface area contributed by atoms with Crippen molar-refractivity contribution in [3.8, 4) is 5.75 Å². The van der Waals surface area contributed by atoms with Crippen LogP contribution >= 0.6 is 11.6 Å². The average molecular weight is 725 g/mol. The molecule has 7 rings (SSSR count). The van der Waals surface area contributed by atoms with Crippen molar-refractivity contribution in [3.63, 3.8) is 0 Å². The van der Waals surface area contributed by atoms with Gasteiger partial charge in [0.1, 0.15) is 5.75 Å². The molecule has 7 atom stereocenters. The Bertz CT molecular complexity index is 1680. The monoisotopic (exact) mass is 724 g/mol. The van der Waals surface area contributed by atoms with Crippen molar-refractivity contribution in [1.82, 2.24) is 14.5 Å². The molecule has 2 fully saturated rings. The second kappa shape index (κ2) is 14.3. The van der Waals surface area contributed by atoms with Crippen LogP contribution in [0.3, 0.4) is 0 Å². The minimum Gasteiger partial charge on any atom is -0.490 e. The van der Waals surface area contributed by atoms with Gasteiger partial charge in [0.05, 0.1) is 27.6 Å². The molecule has 2 aromatic carbocycles. The number of nitrogens with zero attached hydrogens (tertiary/aromatic N) is 3. The van der Waals surface area contributed by atoms with Gasteiger partial charge in [-0.2, -0.15) is 0 Å². The van der Waals surface area contributed by atoms with Gasteiger partial charge in [-0.15, -0.1) is 0 Å². The Balaban J connectivity index is 1.27. The van der Waals surface area contributed by atoms with Gasteiger partial charge in [0.25, 0.3) is 5.91 Å². The van der Waals surface area contributed by atoms with E-state index in [1.807, 2.05) is 25.1 Å². The lowest BCUT2D eigenvalue weighted by Crippen LogP contribution is -2.59. The number of β-amino-alcohol motifs (C(OH)–C–C–N with tert-alkyl or cyclic N) is 1. The summed E-state index contributed by atoms with van der Waals surface area (Å²) >= 11 is 6.49. The van der Waals surface area contributed by atoms with E-state index in [4.69, 9.17) is 16.3 Å². The van der Waals surface area contributed by atoms with E-state index in [1.54, 1.807) is 6.07 Å². The minimum atomic E-state index is -2.94. The van der Waals surface area contributed by atoms with E-state index < -0.39 is 15.3 Å². The van der Waals surface area contributed by atoms with Crippen LogP contribution in [0.1, 0.15) is 87.2 Å². The first-order chi connectivity index (χ1) is 23.9. The zero-order chi connectivity index (χ0) is 35.3. The van der Waals surface area contributed by atoms with Gasteiger partial charge >= 0.3 is 0 Å². The van der Waals surface area contributed by atoms with E-state index in [1.165, 1.54) is 11.1 Å². The van der Waals surface area contributed by atoms with Crippen molar-refractivity contribution in [2.24, 2.45) is 17.8 Å². The summed E-state index contributed by atoms with van der Waals surface area (Å²) in [6.45, 7) is 14.1. The zero-order valence-corrected chi connectivity index (χ0v) is 31.9. The quantitative estimate of drug-likeness (QED) is 0.389. The molecule has 10 heteroatoms. The van der Waals surface area contributed by atoms with Gasteiger partial charge in [0.2, 0.25) is 0 Å². The summed E-state index contributed by atoms with van der Waals surface area (Å²) in [6, 6.07) is 11.9. The van der Waals surface area contributed by atoms with Gasteiger partial charge < -0.3 is 19.6 Å². The summed E-state index contributed by atoms with van der Waals surface area (Å²) in [7, 11) is -2.94. The molecule has 1 spiro atoms. The lowest BCUT2D eigenvalue weighted by Gasteiger charge is -2.52. The summed E-state index contributed by atoms with van der Waals surface area (Å²) in [5.74, 6) is 5.01. The highest BCUT2D eigenvalue weighted by Crippen LogP contribution is 2.49. The van der Waals surface area contributed by atoms with Crippen molar-refractivity contribution in [2.45, 2.75) is 88.4 Å². The molecular formula is C40H57ClN4O4S. The van der Waals surface area contributed by atoms with Gasteiger partial charge in [-0.3, -0.25) is 14.4 Å². The minimum absolute atomic E-state index is 0.0723. The number of carbonyl (C=O) groups excluding carboxylic acids is 1. The van der Waals surface area contributed by atoms with Crippen LogP contribution < -0.4 is 14.4 Å². The fourth-order valence-corrected chi connectivity index (χ4v) is 11.4. The standard InChI is InChI=1S/C40H57ClN4O4S/c1-5-43-18-20-44(21-19-43)26-40(47)17-6-8-28(2)29(3)50(4,48)42-38(46)31-11-15-37-36(23-31)45(24-32-10-13-35(32)40)25-39(27-49-37)16-7-9-30-22-33(41)12-14-34(30)39/h11-12,14-15,22-23,28-29,32,35,47H,4-10,13,16-21,24-27H2,1-3H3,(H,42,46,48)/t28-,29+,32-,35+,39-,40-,50?/m0/s1. The second-order valence-electron chi connectivity index (χ2n) is 16.3. The average Bonchev–Trinajstić information content (AvgIpc) is 3.22.